The average Bonchev–Trinajstić information content (AvgIpc) is 3.36. The van der Waals surface area contributed by atoms with Crippen LogP contribution in [0.4, 0.5) is 10.5 Å². The molecule has 178 valence electrons. The first-order chi connectivity index (χ1) is 15.5. The third-order valence-corrected chi connectivity index (χ3v) is 7.19. The van der Waals surface area contributed by atoms with Crippen LogP contribution in [0.1, 0.15) is 67.2 Å². The largest absolute Gasteiger partial charge is 0.324 e. The minimum Gasteiger partial charge on any atom is -0.324 e. The molecule has 2 unspecified atom stereocenters. The second-order valence-corrected chi connectivity index (χ2v) is 11.6. The van der Waals surface area contributed by atoms with Crippen LogP contribution in [0.2, 0.25) is 0 Å². The normalized spacial score (nSPS) is 21.2. The van der Waals surface area contributed by atoms with Gasteiger partial charge in [-0.2, -0.15) is 0 Å². The number of hydrogen-bond acceptors (Lipinski definition) is 3. The number of nitrogens with one attached hydrogen (secondary N) is 1. The van der Waals surface area contributed by atoms with E-state index in [0.717, 1.165) is 42.3 Å². The van der Waals surface area contributed by atoms with Crippen LogP contribution in [-0.2, 0) is 4.79 Å². The van der Waals surface area contributed by atoms with Crippen LogP contribution >= 0.6 is 0 Å². The smallest absolute Gasteiger partial charge is 0.321 e. The second-order valence-electron chi connectivity index (χ2n) is 11.6. The zero-order valence-corrected chi connectivity index (χ0v) is 20.9. The molecule has 1 N–H and O–H groups in total. The fourth-order valence-electron chi connectivity index (χ4n) is 5.68. The predicted octanol–water partition coefficient (Wildman–Crippen LogP) is 5.68. The monoisotopic (exact) mass is 450 g/mol. The summed E-state index contributed by atoms with van der Waals surface area (Å²) in [6, 6.07) is 9.65. The number of urea groups is 1. The van der Waals surface area contributed by atoms with Gasteiger partial charge in [0.05, 0.1) is 23.2 Å². The third kappa shape index (κ3) is 4.57. The van der Waals surface area contributed by atoms with Gasteiger partial charge in [-0.3, -0.25) is 9.78 Å². The van der Waals surface area contributed by atoms with Crippen molar-refractivity contribution in [1.29, 1.82) is 0 Å². The lowest BCUT2D eigenvalue weighted by molar-refractivity contribution is -0.123. The third-order valence-electron chi connectivity index (χ3n) is 7.19. The van der Waals surface area contributed by atoms with Gasteiger partial charge in [0.1, 0.15) is 0 Å². The van der Waals surface area contributed by atoms with Crippen LogP contribution < -0.4 is 5.32 Å². The highest BCUT2D eigenvalue weighted by Crippen LogP contribution is 2.41. The summed E-state index contributed by atoms with van der Waals surface area (Å²) in [6.45, 7) is 13.0. The molecule has 1 aliphatic heterocycles. The molecule has 0 spiro atoms. The van der Waals surface area contributed by atoms with Gasteiger partial charge in [-0.1, -0.05) is 31.0 Å². The number of nitrogens with zero attached hydrogens (tertiary/aromatic N) is 3. The molecule has 3 amide bonds. The lowest BCUT2D eigenvalue weighted by Crippen LogP contribution is -2.54. The molecular formula is C27H38N4O2. The van der Waals surface area contributed by atoms with Crippen molar-refractivity contribution in [1.82, 2.24) is 14.8 Å². The molecule has 2 aromatic rings. The molecule has 2 aliphatic rings. The summed E-state index contributed by atoms with van der Waals surface area (Å²) in [5.41, 5.74) is 0.858. The highest BCUT2D eigenvalue weighted by Gasteiger charge is 2.52. The Morgan fingerprint density at radius 1 is 1.03 bits per heavy atom. The number of carbonyl (C=O) groups is 2. The molecule has 1 aromatic heterocycles. The van der Waals surface area contributed by atoms with Crippen molar-refractivity contribution in [2.45, 2.75) is 84.3 Å². The minimum atomic E-state index is -0.375. The molecule has 0 bridgehead atoms. The van der Waals surface area contributed by atoms with E-state index in [1.165, 1.54) is 0 Å². The van der Waals surface area contributed by atoms with Crippen LogP contribution in [0, 0.1) is 11.8 Å². The summed E-state index contributed by atoms with van der Waals surface area (Å²) in [4.78, 5) is 36.0. The molecule has 1 saturated carbocycles. The van der Waals surface area contributed by atoms with Crippen molar-refractivity contribution < 1.29 is 9.59 Å². The molecule has 1 aliphatic carbocycles. The Balaban J connectivity index is 1.72. The van der Waals surface area contributed by atoms with E-state index < -0.39 is 0 Å². The minimum absolute atomic E-state index is 0.00265. The molecule has 0 radical (unpaired) electrons. The summed E-state index contributed by atoms with van der Waals surface area (Å²) in [6.07, 6.45) is 6.10. The van der Waals surface area contributed by atoms with Crippen molar-refractivity contribution in [3.05, 3.63) is 36.5 Å². The van der Waals surface area contributed by atoms with Gasteiger partial charge in [0, 0.05) is 29.2 Å². The highest BCUT2D eigenvalue weighted by atomic mass is 16.2. The van der Waals surface area contributed by atoms with E-state index in [2.05, 4.69) is 51.8 Å². The van der Waals surface area contributed by atoms with Crippen LogP contribution in [0.3, 0.4) is 0 Å². The number of carbonyl (C=O) groups excluding carboxylic acids is 2. The lowest BCUT2D eigenvalue weighted by Gasteiger charge is -2.40. The van der Waals surface area contributed by atoms with E-state index >= 15 is 0 Å². The predicted molar refractivity (Wildman–Crippen MR) is 133 cm³/mol. The van der Waals surface area contributed by atoms with Gasteiger partial charge in [0.15, 0.2) is 0 Å². The standard InChI is InChI=1S/C27H38N4O2/c1-26(2,3)30-17-21(31(25(30)33)27(4,5)6)22(18-11-7-8-12-18)24(32)29-20-15-9-13-19-14-10-16-28-23(19)20/h9-10,13-16,18,21-22H,7-8,11-12,17H2,1-6H3,(H,29,32). The van der Waals surface area contributed by atoms with E-state index in [4.69, 9.17) is 0 Å². The zero-order chi connectivity index (χ0) is 24.0. The van der Waals surface area contributed by atoms with Crippen LogP contribution in [-0.4, -0.2) is 50.4 Å². The van der Waals surface area contributed by atoms with Gasteiger partial charge < -0.3 is 15.1 Å². The summed E-state index contributed by atoms with van der Waals surface area (Å²) in [7, 11) is 0. The Morgan fingerprint density at radius 2 is 1.70 bits per heavy atom. The Morgan fingerprint density at radius 3 is 2.33 bits per heavy atom. The first-order valence-corrected chi connectivity index (χ1v) is 12.2. The van der Waals surface area contributed by atoms with Crippen LogP contribution in [0.25, 0.3) is 10.9 Å². The Bertz CT molecular complexity index is 1030. The van der Waals surface area contributed by atoms with Gasteiger partial charge in [0.25, 0.3) is 0 Å². The van der Waals surface area contributed by atoms with Crippen molar-refractivity contribution >= 4 is 28.5 Å². The van der Waals surface area contributed by atoms with Crippen LogP contribution in [0.15, 0.2) is 36.5 Å². The number of fused-ring (bicyclic) bond motifs is 1. The molecule has 6 heteroatoms. The van der Waals surface area contributed by atoms with E-state index in [1.807, 2.05) is 40.1 Å². The van der Waals surface area contributed by atoms with Gasteiger partial charge in [-0.05, 0) is 72.4 Å². The zero-order valence-electron chi connectivity index (χ0n) is 20.9. The van der Waals surface area contributed by atoms with E-state index in [9.17, 15) is 9.59 Å². The molecule has 2 fully saturated rings. The fourth-order valence-corrected chi connectivity index (χ4v) is 5.68. The molecule has 4 rings (SSSR count). The number of rotatable bonds is 4. The van der Waals surface area contributed by atoms with Crippen molar-refractivity contribution in [2.75, 3.05) is 11.9 Å². The van der Waals surface area contributed by atoms with E-state index in [1.54, 1.807) is 6.20 Å². The summed E-state index contributed by atoms with van der Waals surface area (Å²) in [5, 5.41) is 4.22. The molecule has 1 aromatic carbocycles. The Hall–Kier alpha value is -2.63. The summed E-state index contributed by atoms with van der Waals surface area (Å²) < 4.78 is 0. The van der Waals surface area contributed by atoms with Crippen LogP contribution in [0.5, 0.6) is 0 Å². The topological polar surface area (TPSA) is 65.5 Å². The summed E-state index contributed by atoms with van der Waals surface area (Å²) >= 11 is 0. The maximum absolute atomic E-state index is 14.0. The first-order valence-electron chi connectivity index (χ1n) is 12.2. The fraction of sp³-hybridized carbons (Fsp3) is 0.593. The van der Waals surface area contributed by atoms with Gasteiger partial charge >= 0.3 is 6.03 Å². The number of aromatic nitrogens is 1. The number of para-hydroxylation sites is 1. The molecule has 1 saturated heterocycles. The van der Waals surface area contributed by atoms with Crippen molar-refractivity contribution in [3.8, 4) is 0 Å². The number of pyridine rings is 1. The average molecular weight is 451 g/mol. The summed E-state index contributed by atoms with van der Waals surface area (Å²) in [5.74, 6) is 0.0142. The molecule has 33 heavy (non-hydrogen) atoms. The maximum Gasteiger partial charge on any atom is 0.321 e. The molecular weight excluding hydrogens is 412 g/mol. The van der Waals surface area contributed by atoms with Crippen molar-refractivity contribution in [3.63, 3.8) is 0 Å². The SMILES string of the molecule is CC(C)(C)N1CC(C(C(=O)Nc2cccc3cccnc23)C2CCCC2)N(C(C)(C)C)C1=O. The number of amides is 3. The highest BCUT2D eigenvalue weighted by molar-refractivity contribution is 6.01. The van der Waals surface area contributed by atoms with E-state index in [0.29, 0.717) is 6.54 Å². The second kappa shape index (κ2) is 8.62. The molecule has 2 heterocycles. The number of anilines is 1. The quantitative estimate of drug-likeness (QED) is 0.651. The first kappa shape index (κ1) is 23.5. The maximum atomic E-state index is 14.0. The van der Waals surface area contributed by atoms with E-state index in [-0.39, 0.29) is 40.9 Å². The van der Waals surface area contributed by atoms with Gasteiger partial charge in [0.2, 0.25) is 5.91 Å². The lowest BCUT2D eigenvalue weighted by atomic mass is 9.82. The molecule has 2 atom stereocenters. The van der Waals surface area contributed by atoms with Gasteiger partial charge in [-0.15, -0.1) is 0 Å². The number of hydrogen-bond donors (Lipinski definition) is 1. The van der Waals surface area contributed by atoms with Gasteiger partial charge in [-0.25, -0.2) is 4.79 Å². The molecule has 6 nitrogen and oxygen atoms in total. The number of benzene rings is 1. The Kier molecular flexibility index (Phi) is 6.14. The Labute approximate surface area is 197 Å². The van der Waals surface area contributed by atoms with Crippen molar-refractivity contribution in [2.24, 2.45) is 11.8 Å².